The summed E-state index contributed by atoms with van der Waals surface area (Å²) < 4.78 is 16.3. The molecule has 1 fully saturated rings. The summed E-state index contributed by atoms with van der Waals surface area (Å²) in [6.07, 6.45) is -1.03. The molecule has 0 spiro atoms. The highest BCUT2D eigenvalue weighted by Gasteiger charge is 2.49. The predicted molar refractivity (Wildman–Crippen MR) is 108 cm³/mol. The summed E-state index contributed by atoms with van der Waals surface area (Å²) in [6, 6.07) is 10.3. The second-order valence-corrected chi connectivity index (χ2v) is 7.83. The van der Waals surface area contributed by atoms with Crippen molar-refractivity contribution in [1.82, 2.24) is 10.2 Å². The highest BCUT2D eigenvalue weighted by Crippen LogP contribution is 2.37. The van der Waals surface area contributed by atoms with E-state index < -0.39 is 23.6 Å². The lowest BCUT2D eigenvalue weighted by atomic mass is 9.91. The van der Waals surface area contributed by atoms with Crippen LogP contribution in [0.15, 0.2) is 36.4 Å². The van der Waals surface area contributed by atoms with Gasteiger partial charge in [0.25, 0.3) is 5.91 Å². The molecule has 8 nitrogen and oxygen atoms in total. The van der Waals surface area contributed by atoms with Crippen LogP contribution in [0.2, 0.25) is 0 Å². The van der Waals surface area contributed by atoms with E-state index in [1.54, 1.807) is 25.1 Å². The minimum Gasteiger partial charge on any atom is -0.491 e. The lowest BCUT2D eigenvalue weighted by molar-refractivity contribution is -0.132. The van der Waals surface area contributed by atoms with Crippen LogP contribution in [0.25, 0.3) is 0 Å². The molecule has 30 heavy (non-hydrogen) atoms. The largest absolute Gasteiger partial charge is 0.491 e. The van der Waals surface area contributed by atoms with Crippen molar-refractivity contribution in [2.24, 2.45) is 0 Å². The fraction of sp³-hybridized carbons (Fsp3) is 0.364. The third kappa shape index (κ3) is 3.66. The quantitative estimate of drug-likeness (QED) is 0.707. The van der Waals surface area contributed by atoms with Gasteiger partial charge in [-0.15, -0.1) is 0 Å². The van der Waals surface area contributed by atoms with Gasteiger partial charge in [-0.3, -0.25) is 9.69 Å². The van der Waals surface area contributed by atoms with Crippen LogP contribution < -0.4 is 19.5 Å². The molecule has 2 heterocycles. The van der Waals surface area contributed by atoms with E-state index in [0.717, 1.165) is 16.0 Å². The van der Waals surface area contributed by atoms with Crippen molar-refractivity contribution in [3.63, 3.8) is 0 Å². The monoisotopic (exact) mass is 412 g/mol. The maximum absolute atomic E-state index is 13.1. The second-order valence-electron chi connectivity index (χ2n) is 7.83. The van der Waals surface area contributed by atoms with E-state index in [1.807, 2.05) is 32.0 Å². The second kappa shape index (κ2) is 7.53. The van der Waals surface area contributed by atoms with Gasteiger partial charge in [0.15, 0.2) is 11.5 Å². The van der Waals surface area contributed by atoms with Gasteiger partial charge in [0, 0.05) is 0 Å². The topological polar surface area (TPSA) is 97.3 Å². The third-order valence-corrected chi connectivity index (χ3v) is 5.26. The van der Waals surface area contributed by atoms with Crippen molar-refractivity contribution < 1.29 is 28.9 Å². The number of benzene rings is 2. The van der Waals surface area contributed by atoms with Gasteiger partial charge in [0.1, 0.15) is 24.0 Å². The Bertz CT molecular complexity index is 987. The van der Waals surface area contributed by atoms with Crippen LogP contribution in [0, 0.1) is 13.8 Å². The molecule has 2 aliphatic rings. The molecule has 0 radical (unpaired) electrons. The molecular weight excluding hydrogens is 388 g/mol. The molecular formula is C22H24N2O6. The number of ether oxygens (including phenoxy) is 3. The highest BCUT2D eigenvalue weighted by atomic mass is 16.7. The number of rotatable bonds is 6. The zero-order valence-corrected chi connectivity index (χ0v) is 17.1. The normalized spacial score (nSPS) is 21.0. The Hall–Kier alpha value is -3.26. The summed E-state index contributed by atoms with van der Waals surface area (Å²) in [5.74, 6) is 1.30. The minimum absolute atomic E-state index is 0.0410. The Kier molecular flexibility index (Phi) is 5.03. The number of nitrogens with one attached hydrogen (secondary N) is 1. The van der Waals surface area contributed by atoms with Gasteiger partial charge in [-0.25, -0.2) is 4.79 Å². The number of imide groups is 1. The summed E-state index contributed by atoms with van der Waals surface area (Å²) in [6.45, 7) is 5.45. The first-order valence-electron chi connectivity index (χ1n) is 9.69. The zero-order chi connectivity index (χ0) is 21.5. The molecule has 3 amide bonds. The number of hydrogen-bond donors (Lipinski definition) is 2. The molecule has 2 aromatic carbocycles. The van der Waals surface area contributed by atoms with E-state index in [0.29, 0.717) is 22.8 Å². The van der Waals surface area contributed by atoms with Gasteiger partial charge in [-0.1, -0.05) is 12.1 Å². The number of nitrogens with zero attached hydrogens (tertiary/aromatic N) is 1. The molecule has 8 heteroatoms. The fourth-order valence-corrected chi connectivity index (χ4v) is 3.74. The number of urea groups is 1. The Morgan fingerprint density at radius 3 is 2.57 bits per heavy atom. The molecule has 0 aromatic heterocycles. The molecule has 0 aliphatic carbocycles. The number of amides is 3. The molecule has 0 bridgehead atoms. The summed E-state index contributed by atoms with van der Waals surface area (Å²) in [7, 11) is 0. The summed E-state index contributed by atoms with van der Waals surface area (Å²) >= 11 is 0. The van der Waals surface area contributed by atoms with Crippen LogP contribution in [0.3, 0.4) is 0 Å². The van der Waals surface area contributed by atoms with Crippen LogP contribution >= 0.6 is 0 Å². The molecule has 158 valence electrons. The van der Waals surface area contributed by atoms with E-state index in [1.165, 1.54) is 0 Å². The SMILES string of the molecule is Cc1cc(C)cc(OC[C@@H](O)CN2C(=O)N[C@@](C)(c3ccc4c(c3)OCO4)C2=O)c1. The van der Waals surface area contributed by atoms with Gasteiger partial charge in [-0.05, 0) is 61.7 Å². The first-order chi connectivity index (χ1) is 14.3. The predicted octanol–water partition coefficient (Wildman–Crippen LogP) is 2.24. The number of carbonyl (C=O) groups is 2. The Morgan fingerprint density at radius 2 is 1.83 bits per heavy atom. The Labute approximate surface area is 174 Å². The summed E-state index contributed by atoms with van der Waals surface area (Å²) in [5.41, 5.74) is 1.42. The van der Waals surface area contributed by atoms with Crippen molar-refractivity contribution in [3.8, 4) is 17.2 Å². The molecule has 0 unspecified atom stereocenters. The zero-order valence-electron chi connectivity index (χ0n) is 17.1. The molecule has 2 aromatic rings. The van der Waals surface area contributed by atoms with Gasteiger partial charge in [0.05, 0.1) is 6.54 Å². The number of aliphatic hydroxyl groups is 1. The van der Waals surface area contributed by atoms with E-state index >= 15 is 0 Å². The first kappa shape index (κ1) is 20.0. The average Bonchev–Trinajstić information content (AvgIpc) is 3.24. The van der Waals surface area contributed by atoms with Crippen LogP contribution in [0.1, 0.15) is 23.6 Å². The molecule has 0 saturated carbocycles. The van der Waals surface area contributed by atoms with Crippen molar-refractivity contribution in [2.45, 2.75) is 32.4 Å². The lowest BCUT2D eigenvalue weighted by Gasteiger charge is -2.23. The lowest BCUT2D eigenvalue weighted by Crippen LogP contribution is -2.42. The maximum Gasteiger partial charge on any atom is 0.325 e. The molecule has 1 saturated heterocycles. The van der Waals surface area contributed by atoms with Crippen molar-refractivity contribution >= 4 is 11.9 Å². The number of β-amino-alcohol motifs (C(OH)–C–C–N with tert-alkyl or cyclic N) is 1. The van der Waals surface area contributed by atoms with Gasteiger partial charge < -0.3 is 24.6 Å². The number of aliphatic hydroxyl groups excluding tert-OH is 1. The van der Waals surface area contributed by atoms with Gasteiger partial charge >= 0.3 is 6.03 Å². The number of aryl methyl sites for hydroxylation is 2. The van der Waals surface area contributed by atoms with Crippen LogP contribution in [0.4, 0.5) is 4.79 Å². The maximum atomic E-state index is 13.1. The molecule has 2 atom stereocenters. The first-order valence-corrected chi connectivity index (χ1v) is 9.69. The van der Waals surface area contributed by atoms with E-state index in [2.05, 4.69) is 5.32 Å². The summed E-state index contributed by atoms with van der Waals surface area (Å²) in [4.78, 5) is 26.6. The van der Waals surface area contributed by atoms with E-state index in [-0.39, 0.29) is 19.9 Å². The minimum atomic E-state index is -1.26. The Balaban J connectivity index is 1.43. The van der Waals surface area contributed by atoms with Crippen molar-refractivity contribution in [1.29, 1.82) is 0 Å². The number of carbonyl (C=O) groups excluding carboxylic acids is 2. The average molecular weight is 412 g/mol. The van der Waals surface area contributed by atoms with E-state index in [4.69, 9.17) is 14.2 Å². The Morgan fingerprint density at radius 1 is 1.13 bits per heavy atom. The number of hydrogen-bond acceptors (Lipinski definition) is 6. The fourth-order valence-electron chi connectivity index (χ4n) is 3.74. The van der Waals surface area contributed by atoms with Crippen molar-refractivity contribution in [3.05, 3.63) is 53.1 Å². The van der Waals surface area contributed by atoms with Crippen molar-refractivity contribution in [2.75, 3.05) is 19.9 Å². The third-order valence-electron chi connectivity index (χ3n) is 5.26. The standard InChI is InChI=1S/C22H24N2O6/c1-13-6-14(2)8-17(7-13)28-11-16(25)10-24-20(26)22(3,23-21(24)27)15-4-5-18-19(9-15)30-12-29-18/h4-9,16,25H,10-12H2,1-3H3,(H,23,27)/t16-,22-/m0/s1. The molecule has 2 N–H and O–H groups in total. The van der Waals surface area contributed by atoms with Crippen LogP contribution in [-0.2, 0) is 10.3 Å². The summed E-state index contributed by atoms with van der Waals surface area (Å²) in [5, 5.41) is 13.1. The number of fused-ring (bicyclic) bond motifs is 1. The molecule has 4 rings (SSSR count). The highest BCUT2D eigenvalue weighted by molar-refractivity contribution is 6.07. The smallest absolute Gasteiger partial charge is 0.325 e. The van der Waals surface area contributed by atoms with Crippen LogP contribution in [-0.4, -0.2) is 48.0 Å². The van der Waals surface area contributed by atoms with Gasteiger partial charge in [0.2, 0.25) is 6.79 Å². The molecule has 2 aliphatic heterocycles. The van der Waals surface area contributed by atoms with Crippen LogP contribution in [0.5, 0.6) is 17.2 Å². The van der Waals surface area contributed by atoms with E-state index in [9.17, 15) is 14.7 Å². The van der Waals surface area contributed by atoms with Gasteiger partial charge in [-0.2, -0.15) is 0 Å².